The number of carbonyl (C=O) groups is 1. The molecule has 1 fully saturated rings. The number of rotatable bonds is 6. The fraction of sp³-hybridized carbons (Fsp3) is 0.300. The summed E-state index contributed by atoms with van der Waals surface area (Å²) in [7, 11) is 0. The van der Waals surface area contributed by atoms with E-state index in [-0.39, 0.29) is 19.0 Å². The maximum Gasteiger partial charge on any atom is 0.415 e. The van der Waals surface area contributed by atoms with Gasteiger partial charge in [-0.15, -0.1) is 0 Å². The highest BCUT2D eigenvalue weighted by atomic mass is 19.3. The molecule has 1 amide bonds. The summed E-state index contributed by atoms with van der Waals surface area (Å²) in [5.41, 5.74) is 2.60. The second-order valence-electron chi connectivity index (χ2n) is 6.93. The van der Waals surface area contributed by atoms with Crippen LogP contribution in [0.3, 0.4) is 0 Å². The number of nitrogens with zero attached hydrogens (tertiary/aromatic N) is 2. The largest absolute Gasteiger partial charge is 0.490 e. The van der Waals surface area contributed by atoms with Crippen molar-refractivity contribution in [3.63, 3.8) is 0 Å². The Labute approximate surface area is 164 Å². The molecule has 1 atom stereocenters. The minimum atomic E-state index is -2.88. The topological polar surface area (TPSA) is 67.5 Å². The molecule has 1 saturated heterocycles. The van der Waals surface area contributed by atoms with Gasteiger partial charge in [-0.25, -0.2) is 22.9 Å². The molecule has 0 saturated carbocycles. The first-order valence-electron chi connectivity index (χ1n) is 9.01. The smallest absolute Gasteiger partial charge is 0.415 e. The van der Waals surface area contributed by atoms with E-state index in [9.17, 15) is 18.0 Å². The predicted octanol–water partition coefficient (Wildman–Crippen LogP) is 4.82. The van der Waals surface area contributed by atoms with Crippen molar-refractivity contribution in [2.75, 3.05) is 18.1 Å². The van der Waals surface area contributed by atoms with Crippen LogP contribution >= 0.6 is 0 Å². The van der Waals surface area contributed by atoms with Crippen molar-refractivity contribution < 1.29 is 27.4 Å². The SMILES string of the molecule is CC(F)(F)CCOc1ccc([C@H]2COC(=O)N2c2ccc3nc[nH]c3c2)cc1F. The molecule has 0 bridgehead atoms. The lowest BCUT2D eigenvalue weighted by atomic mass is 10.1. The summed E-state index contributed by atoms with van der Waals surface area (Å²) in [6, 6.07) is 8.93. The summed E-state index contributed by atoms with van der Waals surface area (Å²) < 4.78 is 50.5. The summed E-state index contributed by atoms with van der Waals surface area (Å²) in [4.78, 5) is 20.9. The Morgan fingerprint density at radius 3 is 2.90 bits per heavy atom. The highest BCUT2D eigenvalue weighted by Gasteiger charge is 2.36. The molecule has 0 aliphatic carbocycles. The number of benzene rings is 2. The number of H-pyrrole nitrogens is 1. The number of hydrogen-bond acceptors (Lipinski definition) is 4. The van der Waals surface area contributed by atoms with Crippen LogP contribution in [0.5, 0.6) is 5.75 Å². The number of aromatic nitrogens is 2. The van der Waals surface area contributed by atoms with E-state index in [2.05, 4.69) is 9.97 Å². The monoisotopic (exact) mass is 405 g/mol. The number of nitrogens with one attached hydrogen (secondary N) is 1. The third-order valence-corrected chi connectivity index (χ3v) is 4.69. The van der Waals surface area contributed by atoms with Gasteiger partial charge in [0.2, 0.25) is 5.92 Å². The molecule has 2 heterocycles. The van der Waals surface area contributed by atoms with Crippen LogP contribution in [0.1, 0.15) is 24.9 Å². The summed E-state index contributed by atoms with van der Waals surface area (Å²) in [6.45, 7) is 0.533. The van der Waals surface area contributed by atoms with E-state index in [0.29, 0.717) is 11.3 Å². The molecular weight excluding hydrogens is 387 g/mol. The molecule has 9 heteroatoms. The third kappa shape index (κ3) is 3.98. The van der Waals surface area contributed by atoms with Crippen LogP contribution in [0.4, 0.5) is 23.7 Å². The number of alkyl halides is 2. The Morgan fingerprint density at radius 2 is 2.14 bits per heavy atom. The average Bonchev–Trinajstić information content (AvgIpc) is 3.27. The van der Waals surface area contributed by atoms with Crippen molar-refractivity contribution in [2.45, 2.75) is 25.3 Å². The first-order valence-corrected chi connectivity index (χ1v) is 9.01. The second-order valence-corrected chi connectivity index (χ2v) is 6.93. The summed E-state index contributed by atoms with van der Waals surface area (Å²) in [5, 5.41) is 0. The van der Waals surface area contributed by atoms with Crippen molar-refractivity contribution in [3.05, 3.63) is 54.1 Å². The normalized spacial score (nSPS) is 17.0. The van der Waals surface area contributed by atoms with Crippen molar-refractivity contribution in [1.82, 2.24) is 9.97 Å². The van der Waals surface area contributed by atoms with Gasteiger partial charge in [0.1, 0.15) is 6.61 Å². The second kappa shape index (κ2) is 7.31. The highest BCUT2D eigenvalue weighted by molar-refractivity contribution is 5.93. The van der Waals surface area contributed by atoms with Gasteiger partial charge in [-0.1, -0.05) is 6.07 Å². The quantitative estimate of drug-likeness (QED) is 0.638. The zero-order chi connectivity index (χ0) is 20.6. The van der Waals surface area contributed by atoms with E-state index in [1.165, 1.54) is 17.0 Å². The number of fused-ring (bicyclic) bond motifs is 1. The van der Waals surface area contributed by atoms with Gasteiger partial charge in [-0.05, 0) is 42.8 Å². The van der Waals surface area contributed by atoms with E-state index in [1.807, 2.05) is 0 Å². The summed E-state index contributed by atoms with van der Waals surface area (Å²) in [5.74, 6) is -3.69. The highest BCUT2D eigenvalue weighted by Crippen LogP contribution is 2.35. The van der Waals surface area contributed by atoms with Gasteiger partial charge in [-0.3, -0.25) is 4.90 Å². The lowest BCUT2D eigenvalue weighted by Gasteiger charge is -2.22. The molecule has 0 unspecified atom stereocenters. The van der Waals surface area contributed by atoms with Gasteiger partial charge in [0, 0.05) is 6.42 Å². The first kappa shape index (κ1) is 19.1. The van der Waals surface area contributed by atoms with Crippen molar-refractivity contribution in [2.24, 2.45) is 0 Å². The minimum Gasteiger partial charge on any atom is -0.490 e. The van der Waals surface area contributed by atoms with Crippen LogP contribution in [0.2, 0.25) is 0 Å². The summed E-state index contributed by atoms with van der Waals surface area (Å²) in [6.07, 6.45) is 0.500. The van der Waals surface area contributed by atoms with Crippen molar-refractivity contribution in [3.8, 4) is 5.75 Å². The molecule has 1 N–H and O–H groups in total. The molecule has 1 aliphatic rings. The van der Waals surface area contributed by atoms with Crippen LogP contribution in [0.25, 0.3) is 11.0 Å². The van der Waals surface area contributed by atoms with Gasteiger partial charge in [0.15, 0.2) is 11.6 Å². The number of hydrogen-bond donors (Lipinski definition) is 1. The third-order valence-electron chi connectivity index (χ3n) is 4.69. The molecule has 6 nitrogen and oxygen atoms in total. The number of aromatic amines is 1. The number of anilines is 1. The van der Waals surface area contributed by atoms with Gasteiger partial charge < -0.3 is 14.5 Å². The maximum atomic E-state index is 14.4. The molecule has 1 aliphatic heterocycles. The van der Waals surface area contributed by atoms with Gasteiger partial charge in [-0.2, -0.15) is 0 Å². The van der Waals surface area contributed by atoms with Crippen LogP contribution in [-0.4, -0.2) is 35.2 Å². The predicted molar refractivity (Wildman–Crippen MR) is 99.8 cm³/mol. The zero-order valence-electron chi connectivity index (χ0n) is 15.5. The average molecular weight is 405 g/mol. The van der Waals surface area contributed by atoms with Crippen LogP contribution in [0.15, 0.2) is 42.7 Å². The Bertz CT molecular complexity index is 1050. The Balaban J connectivity index is 1.56. The molecule has 3 aromatic rings. The molecule has 2 aromatic carbocycles. The van der Waals surface area contributed by atoms with Crippen LogP contribution < -0.4 is 9.64 Å². The lowest BCUT2D eigenvalue weighted by molar-refractivity contribution is 0.000472. The van der Waals surface area contributed by atoms with E-state index in [4.69, 9.17) is 9.47 Å². The molecule has 4 rings (SSSR count). The molecule has 0 radical (unpaired) electrons. The number of halogens is 3. The fourth-order valence-electron chi connectivity index (χ4n) is 3.21. The van der Waals surface area contributed by atoms with Gasteiger partial charge in [0.25, 0.3) is 0 Å². The Morgan fingerprint density at radius 1 is 1.31 bits per heavy atom. The first-order chi connectivity index (χ1) is 13.8. The van der Waals surface area contributed by atoms with Crippen LogP contribution in [0, 0.1) is 5.82 Å². The van der Waals surface area contributed by atoms with Gasteiger partial charge in [0.05, 0.1) is 35.7 Å². The number of ether oxygens (including phenoxy) is 2. The molecule has 29 heavy (non-hydrogen) atoms. The van der Waals surface area contributed by atoms with Gasteiger partial charge >= 0.3 is 6.09 Å². The standard InChI is InChI=1S/C20H18F3N3O3/c1-20(22,23)6-7-28-18-5-2-12(8-14(18)21)17-10-29-19(27)26(17)13-3-4-15-16(9-13)25-11-24-15/h2-5,8-9,11,17H,6-7,10H2,1H3,(H,24,25)/t17-/m1/s1. The van der Waals surface area contributed by atoms with E-state index >= 15 is 0 Å². The minimum absolute atomic E-state index is 0.0571. The number of cyclic esters (lactones) is 1. The van der Waals surface area contributed by atoms with Crippen LogP contribution in [-0.2, 0) is 4.74 Å². The molecule has 0 spiro atoms. The molecule has 1 aromatic heterocycles. The van der Waals surface area contributed by atoms with E-state index in [0.717, 1.165) is 18.0 Å². The molecular formula is C20H18F3N3O3. The van der Waals surface area contributed by atoms with Crippen molar-refractivity contribution in [1.29, 1.82) is 0 Å². The molecule has 152 valence electrons. The number of carbonyl (C=O) groups excluding carboxylic acids is 1. The maximum absolute atomic E-state index is 14.4. The van der Waals surface area contributed by atoms with E-state index < -0.39 is 30.3 Å². The zero-order valence-corrected chi connectivity index (χ0v) is 15.5. The Hall–Kier alpha value is -3.23. The summed E-state index contributed by atoms with van der Waals surface area (Å²) >= 11 is 0. The lowest BCUT2D eigenvalue weighted by Crippen LogP contribution is -2.27. The Kier molecular flexibility index (Phi) is 4.81. The van der Waals surface area contributed by atoms with Crippen molar-refractivity contribution >= 4 is 22.8 Å². The number of imidazole rings is 1. The fourth-order valence-corrected chi connectivity index (χ4v) is 3.21. The van der Waals surface area contributed by atoms with E-state index in [1.54, 1.807) is 30.6 Å². The number of amides is 1.